The van der Waals surface area contributed by atoms with Crippen molar-refractivity contribution in [3.8, 4) is 0 Å². The average molecular weight is 346 g/mol. The van der Waals surface area contributed by atoms with Gasteiger partial charge in [0, 0.05) is 26.2 Å². The molecule has 2 atom stereocenters. The van der Waals surface area contributed by atoms with Gasteiger partial charge in [-0.2, -0.15) is 5.10 Å². The van der Waals surface area contributed by atoms with Gasteiger partial charge in [-0.05, 0) is 24.6 Å². The second kappa shape index (κ2) is 7.81. The zero-order valence-electron chi connectivity index (χ0n) is 14.5. The Morgan fingerprint density at radius 2 is 2.12 bits per heavy atom. The van der Waals surface area contributed by atoms with Gasteiger partial charge in [0.15, 0.2) is 0 Å². The quantitative estimate of drug-likeness (QED) is 0.337. The molecule has 2 aliphatic heterocycles. The number of nitrogens with two attached hydrogens (primary N) is 2. The number of anilines is 1. The molecule has 2 unspecified atom stereocenters. The first-order valence-corrected chi connectivity index (χ1v) is 8.56. The molecule has 1 amide bonds. The van der Waals surface area contributed by atoms with Crippen LogP contribution in [0, 0.1) is 0 Å². The number of fused-ring (bicyclic) bond motifs is 1. The Kier molecular flexibility index (Phi) is 5.52. The molecule has 0 aliphatic carbocycles. The van der Waals surface area contributed by atoms with E-state index in [1.807, 2.05) is 29.2 Å². The van der Waals surface area contributed by atoms with Gasteiger partial charge in [0.25, 0.3) is 0 Å². The van der Waals surface area contributed by atoms with Gasteiger partial charge >= 0.3 is 0 Å². The lowest BCUT2D eigenvalue weighted by Gasteiger charge is -2.45. The zero-order chi connectivity index (χ0) is 17.8. The molecule has 0 aromatic heterocycles. The maximum Gasteiger partial charge on any atom is 0.227 e. The standard InChI is InChI=1S/C17H26N6O2/c1-13-9-21-6-7-22(10-16(21)11-25-13)17(24)8-14-2-4-15(5-3-14)23(19)12-20-18/h2-5,12-13,16H,6-11,18-19H2,1H3/b20-12-. The predicted octanol–water partition coefficient (Wildman–Crippen LogP) is -0.257. The molecule has 3 rings (SSSR count). The Labute approximate surface area is 148 Å². The molecule has 25 heavy (non-hydrogen) atoms. The summed E-state index contributed by atoms with van der Waals surface area (Å²) in [6, 6.07) is 7.81. The Morgan fingerprint density at radius 1 is 1.36 bits per heavy atom. The van der Waals surface area contributed by atoms with E-state index in [9.17, 15) is 4.79 Å². The van der Waals surface area contributed by atoms with Crippen molar-refractivity contribution in [1.29, 1.82) is 0 Å². The number of morpholine rings is 1. The largest absolute Gasteiger partial charge is 0.375 e. The highest BCUT2D eigenvalue weighted by Gasteiger charge is 2.33. The number of carbonyl (C=O) groups is 1. The summed E-state index contributed by atoms with van der Waals surface area (Å²) in [6.45, 7) is 6.20. The van der Waals surface area contributed by atoms with E-state index in [0.717, 1.165) is 37.4 Å². The van der Waals surface area contributed by atoms with E-state index in [2.05, 4.69) is 16.9 Å². The molecule has 4 N–H and O–H groups in total. The van der Waals surface area contributed by atoms with Crippen molar-refractivity contribution in [1.82, 2.24) is 9.80 Å². The maximum absolute atomic E-state index is 12.6. The molecule has 2 aliphatic rings. The molecule has 2 heterocycles. The molecule has 8 nitrogen and oxygen atoms in total. The summed E-state index contributed by atoms with van der Waals surface area (Å²) in [5, 5.41) is 4.71. The molecule has 0 radical (unpaired) electrons. The second-order valence-electron chi connectivity index (χ2n) is 6.65. The van der Waals surface area contributed by atoms with Crippen molar-refractivity contribution in [3.63, 3.8) is 0 Å². The molecule has 1 aromatic carbocycles. The lowest BCUT2D eigenvalue weighted by molar-refractivity contribution is -0.138. The Hall–Kier alpha value is -2.16. The van der Waals surface area contributed by atoms with Crippen LogP contribution in [0.1, 0.15) is 12.5 Å². The number of benzene rings is 1. The fourth-order valence-electron chi connectivity index (χ4n) is 3.39. The summed E-state index contributed by atoms with van der Waals surface area (Å²) in [5.74, 6) is 11.0. The minimum absolute atomic E-state index is 0.152. The predicted molar refractivity (Wildman–Crippen MR) is 96.8 cm³/mol. The number of carbonyl (C=O) groups excluding carboxylic acids is 1. The molecule has 136 valence electrons. The monoisotopic (exact) mass is 346 g/mol. The van der Waals surface area contributed by atoms with Crippen LogP contribution >= 0.6 is 0 Å². The molecule has 0 bridgehead atoms. The van der Waals surface area contributed by atoms with Crippen LogP contribution in [0.15, 0.2) is 29.4 Å². The van der Waals surface area contributed by atoms with E-state index in [1.165, 1.54) is 11.3 Å². The van der Waals surface area contributed by atoms with Gasteiger partial charge in [0.05, 0.1) is 30.9 Å². The molecule has 2 fully saturated rings. The third-order valence-electron chi connectivity index (χ3n) is 4.80. The number of rotatable bonds is 4. The molecule has 8 heteroatoms. The number of hydrogen-bond acceptors (Lipinski definition) is 6. The van der Waals surface area contributed by atoms with Gasteiger partial charge in [-0.15, -0.1) is 0 Å². The van der Waals surface area contributed by atoms with Crippen LogP contribution < -0.4 is 16.7 Å². The molecular formula is C17H26N6O2. The number of piperazine rings is 1. The van der Waals surface area contributed by atoms with Crippen molar-refractivity contribution < 1.29 is 9.53 Å². The van der Waals surface area contributed by atoms with E-state index in [1.54, 1.807) is 0 Å². The van der Waals surface area contributed by atoms with E-state index < -0.39 is 0 Å². The summed E-state index contributed by atoms with van der Waals surface area (Å²) >= 11 is 0. The summed E-state index contributed by atoms with van der Waals surface area (Å²) in [7, 11) is 0. The van der Waals surface area contributed by atoms with Crippen LogP contribution in [0.5, 0.6) is 0 Å². The lowest BCUT2D eigenvalue weighted by Crippen LogP contribution is -2.60. The summed E-state index contributed by atoms with van der Waals surface area (Å²) in [4.78, 5) is 17.0. The van der Waals surface area contributed by atoms with E-state index in [4.69, 9.17) is 16.4 Å². The highest BCUT2D eigenvalue weighted by atomic mass is 16.5. The zero-order valence-corrected chi connectivity index (χ0v) is 14.5. The highest BCUT2D eigenvalue weighted by molar-refractivity contribution is 5.80. The normalized spacial score (nSPS) is 24.3. The fourth-order valence-corrected chi connectivity index (χ4v) is 3.39. The summed E-state index contributed by atoms with van der Waals surface area (Å²) in [5.41, 5.74) is 1.72. The third-order valence-corrected chi connectivity index (χ3v) is 4.80. The number of amides is 1. The van der Waals surface area contributed by atoms with Gasteiger partial charge in [-0.3, -0.25) is 14.7 Å². The topological polar surface area (TPSA) is 100 Å². The van der Waals surface area contributed by atoms with Crippen LogP contribution in [-0.2, 0) is 16.0 Å². The van der Waals surface area contributed by atoms with Crippen LogP contribution in [0.3, 0.4) is 0 Å². The minimum atomic E-state index is 0.152. The van der Waals surface area contributed by atoms with E-state index in [0.29, 0.717) is 19.1 Å². The molecule has 0 spiro atoms. The van der Waals surface area contributed by atoms with Gasteiger partial charge in [-0.25, -0.2) is 5.84 Å². The molecule has 0 saturated carbocycles. The Bertz CT molecular complexity index is 620. The minimum Gasteiger partial charge on any atom is -0.375 e. The number of hydrazine groups is 1. The van der Waals surface area contributed by atoms with Crippen molar-refractivity contribution in [3.05, 3.63) is 29.8 Å². The van der Waals surface area contributed by atoms with Gasteiger partial charge in [0.1, 0.15) is 6.34 Å². The average Bonchev–Trinajstić information content (AvgIpc) is 2.62. The first kappa shape index (κ1) is 17.7. The lowest BCUT2D eigenvalue weighted by atomic mass is 10.1. The van der Waals surface area contributed by atoms with Crippen LogP contribution in [0.4, 0.5) is 5.69 Å². The summed E-state index contributed by atoms with van der Waals surface area (Å²) < 4.78 is 5.73. The first-order valence-electron chi connectivity index (χ1n) is 8.56. The Morgan fingerprint density at radius 3 is 2.84 bits per heavy atom. The number of hydrogen-bond donors (Lipinski definition) is 2. The molecule has 1 aromatic rings. The van der Waals surface area contributed by atoms with Gasteiger partial charge in [0.2, 0.25) is 5.91 Å². The maximum atomic E-state index is 12.6. The van der Waals surface area contributed by atoms with Crippen LogP contribution in [-0.4, -0.2) is 67.0 Å². The third kappa shape index (κ3) is 4.28. The first-order chi connectivity index (χ1) is 12.1. The van der Waals surface area contributed by atoms with Crippen molar-refractivity contribution in [2.75, 3.05) is 37.8 Å². The van der Waals surface area contributed by atoms with Crippen LogP contribution in [0.2, 0.25) is 0 Å². The van der Waals surface area contributed by atoms with Gasteiger partial charge in [-0.1, -0.05) is 12.1 Å². The fraction of sp³-hybridized carbons (Fsp3) is 0.529. The second-order valence-corrected chi connectivity index (χ2v) is 6.65. The van der Waals surface area contributed by atoms with Crippen molar-refractivity contribution >= 4 is 17.9 Å². The highest BCUT2D eigenvalue weighted by Crippen LogP contribution is 2.18. The summed E-state index contributed by atoms with van der Waals surface area (Å²) in [6.07, 6.45) is 2.00. The number of ether oxygens (including phenoxy) is 1. The smallest absolute Gasteiger partial charge is 0.227 e. The molecule has 2 saturated heterocycles. The van der Waals surface area contributed by atoms with Gasteiger partial charge < -0.3 is 15.5 Å². The van der Waals surface area contributed by atoms with E-state index in [-0.39, 0.29) is 12.0 Å². The van der Waals surface area contributed by atoms with Crippen molar-refractivity contribution in [2.24, 2.45) is 16.8 Å². The number of nitrogens with zero attached hydrogens (tertiary/aromatic N) is 4. The molecular weight excluding hydrogens is 320 g/mol. The van der Waals surface area contributed by atoms with Crippen LogP contribution in [0.25, 0.3) is 0 Å². The Balaban J connectivity index is 1.55. The SMILES string of the molecule is CC1CN2CCN(C(=O)Cc3ccc(N(N)/C=N\N)cc3)CC2CO1. The van der Waals surface area contributed by atoms with E-state index >= 15 is 0 Å². The van der Waals surface area contributed by atoms with Crippen molar-refractivity contribution in [2.45, 2.75) is 25.5 Å². The number of hydrazone groups is 1.